The van der Waals surface area contributed by atoms with Gasteiger partial charge in [0, 0.05) is 30.5 Å². The molecule has 1 heterocycles. The Morgan fingerprint density at radius 2 is 1.87 bits per heavy atom. The van der Waals surface area contributed by atoms with E-state index in [9.17, 15) is 24.6 Å². The number of amides is 3. The number of aliphatic hydroxyl groups excluding tert-OH is 2. The average molecular weight is 429 g/mol. The van der Waals surface area contributed by atoms with Crippen LogP contribution in [-0.4, -0.2) is 57.5 Å². The summed E-state index contributed by atoms with van der Waals surface area (Å²) >= 11 is 0. The molecule has 4 rings (SSSR count). The lowest BCUT2D eigenvalue weighted by Crippen LogP contribution is -2.55. The highest BCUT2D eigenvalue weighted by Crippen LogP contribution is 2.49. The van der Waals surface area contributed by atoms with E-state index < -0.39 is 36.1 Å². The van der Waals surface area contributed by atoms with Crippen LogP contribution < -0.4 is 5.43 Å². The minimum atomic E-state index is -1.13. The number of ether oxygens (including phenoxy) is 1. The fourth-order valence-electron chi connectivity index (χ4n) is 5.25. The maximum absolute atomic E-state index is 12.9. The smallest absolute Gasteiger partial charge is 0.428 e. The van der Waals surface area contributed by atoms with Crippen molar-refractivity contribution < 1.29 is 29.3 Å². The third kappa shape index (κ3) is 3.95. The maximum Gasteiger partial charge on any atom is 0.428 e. The molecule has 9 heteroatoms. The number of benzene rings is 1. The molecule has 3 fully saturated rings. The molecule has 2 aliphatic carbocycles. The molecule has 0 aromatic heterocycles. The molecular formula is C22H27N3O6. The third-order valence-corrected chi connectivity index (χ3v) is 6.69. The molecule has 0 bridgehead atoms. The van der Waals surface area contributed by atoms with Crippen LogP contribution in [-0.2, 0) is 20.9 Å². The molecule has 3 amide bonds. The second kappa shape index (κ2) is 8.76. The monoisotopic (exact) mass is 429 g/mol. The quantitative estimate of drug-likeness (QED) is 0.485. The second-order valence-electron chi connectivity index (χ2n) is 8.35. The molecule has 31 heavy (non-hydrogen) atoms. The number of carbonyl (C=O) groups is 3. The summed E-state index contributed by atoms with van der Waals surface area (Å²) in [6, 6.07) is 9.22. The third-order valence-electron chi connectivity index (χ3n) is 6.69. The highest BCUT2D eigenvalue weighted by atomic mass is 16.6. The predicted octanol–water partition coefficient (Wildman–Crippen LogP) is 1.04. The second-order valence-corrected chi connectivity index (χ2v) is 8.35. The van der Waals surface area contributed by atoms with Crippen LogP contribution in [0.5, 0.6) is 0 Å². The molecule has 3 N–H and O–H groups in total. The number of fused-ring (bicyclic) bond motifs is 3. The van der Waals surface area contributed by atoms with Crippen molar-refractivity contribution in [3.05, 3.63) is 35.9 Å². The first kappa shape index (κ1) is 21.5. The number of aliphatic hydroxyl groups is 2. The maximum atomic E-state index is 12.9. The molecule has 0 spiro atoms. The summed E-state index contributed by atoms with van der Waals surface area (Å²) in [5.74, 6) is -2.57. The van der Waals surface area contributed by atoms with Crippen LogP contribution in [0.15, 0.2) is 35.4 Å². The van der Waals surface area contributed by atoms with Crippen molar-refractivity contribution in [2.75, 3.05) is 6.54 Å². The molecule has 166 valence electrons. The van der Waals surface area contributed by atoms with Gasteiger partial charge >= 0.3 is 6.09 Å². The Labute approximate surface area is 180 Å². The molecule has 1 aromatic carbocycles. The van der Waals surface area contributed by atoms with E-state index in [1.54, 1.807) is 6.92 Å². The molecular weight excluding hydrogens is 402 g/mol. The van der Waals surface area contributed by atoms with Gasteiger partial charge in [0.15, 0.2) is 0 Å². The van der Waals surface area contributed by atoms with Gasteiger partial charge in [0.1, 0.15) is 6.61 Å². The average Bonchev–Trinajstić information content (AvgIpc) is 3.03. The highest BCUT2D eigenvalue weighted by molar-refractivity contribution is 6.06. The van der Waals surface area contributed by atoms with E-state index in [4.69, 9.17) is 4.74 Å². The van der Waals surface area contributed by atoms with Crippen LogP contribution in [0.4, 0.5) is 4.79 Å². The number of likely N-dealkylation sites (tertiary alicyclic amines) is 1. The van der Waals surface area contributed by atoms with E-state index in [1.807, 2.05) is 30.3 Å². The Hall–Kier alpha value is -2.78. The van der Waals surface area contributed by atoms with E-state index in [-0.39, 0.29) is 37.3 Å². The van der Waals surface area contributed by atoms with Crippen molar-refractivity contribution in [1.82, 2.24) is 10.3 Å². The Balaban J connectivity index is 1.48. The fourth-order valence-corrected chi connectivity index (χ4v) is 5.25. The van der Waals surface area contributed by atoms with Crippen LogP contribution in [0, 0.1) is 23.7 Å². The standard InChI is InChI=1S/C22H27N3O6/c1-2-25-20(28)14-9-8-13-15(10-16(26)19(27)17(13)18(14)21(25)29)23-24-22(30)31-11-12-6-4-3-5-7-12/h3-7,13-14,16-19,26-27H,2,8-11H2,1H3,(H,24,30)/b23-15+/t13-,14+,16+,17-,18+,19+/m0/s1. The number of nitrogens with zero attached hydrogens (tertiary/aromatic N) is 2. The zero-order valence-corrected chi connectivity index (χ0v) is 17.3. The number of imide groups is 1. The molecule has 6 atom stereocenters. The van der Waals surface area contributed by atoms with Crippen molar-refractivity contribution in [2.24, 2.45) is 28.8 Å². The summed E-state index contributed by atoms with van der Waals surface area (Å²) in [7, 11) is 0. The lowest BCUT2D eigenvalue weighted by atomic mass is 9.60. The van der Waals surface area contributed by atoms with Gasteiger partial charge in [-0.05, 0) is 25.3 Å². The van der Waals surface area contributed by atoms with Gasteiger partial charge in [-0.3, -0.25) is 14.5 Å². The number of nitrogens with one attached hydrogen (secondary N) is 1. The van der Waals surface area contributed by atoms with E-state index >= 15 is 0 Å². The summed E-state index contributed by atoms with van der Waals surface area (Å²) in [5, 5.41) is 25.3. The van der Waals surface area contributed by atoms with Gasteiger partial charge in [0.25, 0.3) is 0 Å². The Kier molecular flexibility index (Phi) is 6.06. The van der Waals surface area contributed by atoms with Crippen LogP contribution in [0.2, 0.25) is 0 Å². The van der Waals surface area contributed by atoms with E-state index in [0.717, 1.165) is 5.56 Å². The molecule has 1 aromatic rings. The molecule has 1 aliphatic heterocycles. The normalized spacial score (nSPS) is 33.8. The fraction of sp³-hybridized carbons (Fsp3) is 0.545. The largest absolute Gasteiger partial charge is 0.443 e. The Bertz CT molecular complexity index is 888. The van der Waals surface area contributed by atoms with Crippen LogP contribution in [0.25, 0.3) is 0 Å². The number of carbonyl (C=O) groups excluding carboxylic acids is 3. The predicted molar refractivity (Wildman–Crippen MR) is 109 cm³/mol. The SMILES string of the molecule is CCN1C(=O)[C@H]2[C@H]3[C@H](O)[C@H](O)C/C(=N\NC(=O)OCc4ccccc4)[C@@H]3CC[C@H]2C1=O. The summed E-state index contributed by atoms with van der Waals surface area (Å²) in [6.45, 7) is 2.13. The first-order chi connectivity index (χ1) is 14.9. The molecule has 9 nitrogen and oxygen atoms in total. The Morgan fingerprint density at radius 3 is 2.58 bits per heavy atom. The van der Waals surface area contributed by atoms with Crippen molar-refractivity contribution in [2.45, 2.75) is 45.0 Å². The zero-order valence-electron chi connectivity index (χ0n) is 17.3. The van der Waals surface area contributed by atoms with Crippen LogP contribution >= 0.6 is 0 Å². The van der Waals surface area contributed by atoms with Crippen molar-refractivity contribution in [3.63, 3.8) is 0 Å². The van der Waals surface area contributed by atoms with Crippen LogP contribution in [0.3, 0.4) is 0 Å². The van der Waals surface area contributed by atoms with Crippen molar-refractivity contribution >= 4 is 23.6 Å². The van der Waals surface area contributed by atoms with Gasteiger partial charge in [-0.1, -0.05) is 30.3 Å². The van der Waals surface area contributed by atoms with Crippen molar-refractivity contribution in [1.29, 1.82) is 0 Å². The molecule has 0 radical (unpaired) electrons. The summed E-state index contributed by atoms with van der Waals surface area (Å²) in [5.41, 5.74) is 3.71. The molecule has 1 saturated heterocycles. The Morgan fingerprint density at radius 1 is 1.16 bits per heavy atom. The summed E-state index contributed by atoms with van der Waals surface area (Å²) in [4.78, 5) is 38.8. The first-order valence-electron chi connectivity index (χ1n) is 10.7. The number of rotatable bonds is 4. The summed E-state index contributed by atoms with van der Waals surface area (Å²) < 4.78 is 5.16. The molecule has 3 aliphatic rings. The lowest BCUT2D eigenvalue weighted by Gasteiger charge is -2.45. The zero-order chi connectivity index (χ0) is 22.1. The minimum Gasteiger partial charge on any atom is -0.443 e. The first-order valence-corrected chi connectivity index (χ1v) is 10.7. The highest BCUT2D eigenvalue weighted by Gasteiger charge is 2.59. The number of hydrogen-bond acceptors (Lipinski definition) is 7. The van der Waals surface area contributed by atoms with E-state index in [2.05, 4.69) is 10.5 Å². The lowest BCUT2D eigenvalue weighted by molar-refractivity contribution is -0.141. The van der Waals surface area contributed by atoms with Gasteiger partial charge in [-0.25, -0.2) is 10.2 Å². The van der Waals surface area contributed by atoms with Gasteiger partial charge in [0.2, 0.25) is 11.8 Å². The van der Waals surface area contributed by atoms with Gasteiger partial charge in [0.05, 0.1) is 24.0 Å². The van der Waals surface area contributed by atoms with E-state index in [1.165, 1.54) is 4.90 Å². The van der Waals surface area contributed by atoms with Crippen molar-refractivity contribution in [3.8, 4) is 0 Å². The van der Waals surface area contributed by atoms with Gasteiger partial charge in [-0.15, -0.1) is 0 Å². The molecule has 2 saturated carbocycles. The topological polar surface area (TPSA) is 129 Å². The number of hydrazone groups is 1. The van der Waals surface area contributed by atoms with E-state index in [0.29, 0.717) is 18.6 Å². The van der Waals surface area contributed by atoms with Gasteiger partial charge < -0.3 is 14.9 Å². The molecule has 0 unspecified atom stereocenters. The number of hydrogen-bond donors (Lipinski definition) is 3. The van der Waals surface area contributed by atoms with Crippen LogP contribution in [0.1, 0.15) is 31.7 Å². The van der Waals surface area contributed by atoms with Gasteiger partial charge in [-0.2, -0.15) is 5.10 Å². The minimum absolute atomic E-state index is 0.0817. The summed E-state index contributed by atoms with van der Waals surface area (Å²) in [6.07, 6.45) is -1.85.